The largest absolute Gasteiger partial charge is 0.367 e. The number of nitrogens with two attached hydrogens (primary N) is 1. The summed E-state index contributed by atoms with van der Waals surface area (Å²) >= 11 is 0. The Hall–Kier alpha value is -1.36. The first-order valence-corrected chi connectivity index (χ1v) is 7.29. The highest BCUT2D eigenvalue weighted by atomic mass is 15.3. The average Bonchev–Trinajstić information content (AvgIpc) is 2.43. The molecule has 1 fully saturated rings. The molecular formula is C14H25N5. The summed E-state index contributed by atoms with van der Waals surface area (Å²) in [6.45, 7) is 4.26. The van der Waals surface area contributed by atoms with E-state index in [0.717, 1.165) is 17.3 Å². The predicted molar refractivity (Wildman–Crippen MR) is 78.9 cm³/mol. The van der Waals surface area contributed by atoms with Gasteiger partial charge in [-0.25, -0.2) is 15.8 Å². The number of nitrogens with zero attached hydrogens (tertiary/aromatic N) is 2. The normalized spacial score (nSPS) is 23.1. The Morgan fingerprint density at radius 1 is 1.21 bits per heavy atom. The first kappa shape index (κ1) is 14.1. The maximum atomic E-state index is 5.44. The maximum absolute atomic E-state index is 5.44. The van der Waals surface area contributed by atoms with Gasteiger partial charge in [-0.05, 0) is 38.5 Å². The van der Waals surface area contributed by atoms with E-state index in [9.17, 15) is 0 Å². The Kier molecular flexibility index (Phi) is 4.96. The fourth-order valence-electron chi connectivity index (χ4n) is 2.94. The van der Waals surface area contributed by atoms with E-state index in [1.165, 1.54) is 38.5 Å². The second-order valence-electron chi connectivity index (χ2n) is 5.49. The van der Waals surface area contributed by atoms with Gasteiger partial charge in [0.1, 0.15) is 18.0 Å². The highest BCUT2D eigenvalue weighted by Gasteiger charge is 2.21. The van der Waals surface area contributed by atoms with Gasteiger partial charge in [0.05, 0.1) is 0 Å². The molecule has 0 radical (unpaired) electrons. The summed E-state index contributed by atoms with van der Waals surface area (Å²) in [5, 5.41) is 3.54. The topological polar surface area (TPSA) is 75.9 Å². The van der Waals surface area contributed by atoms with E-state index in [1.54, 1.807) is 6.33 Å². The molecule has 1 saturated carbocycles. The van der Waals surface area contributed by atoms with Crippen molar-refractivity contribution in [1.29, 1.82) is 0 Å². The lowest BCUT2D eigenvalue weighted by Crippen LogP contribution is -2.27. The van der Waals surface area contributed by atoms with E-state index in [2.05, 4.69) is 27.6 Å². The molecule has 1 aromatic heterocycles. The van der Waals surface area contributed by atoms with Crippen LogP contribution >= 0.6 is 0 Å². The van der Waals surface area contributed by atoms with Gasteiger partial charge in [0, 0.05) is 11.6 Å². The second-order valence-corrected chi connectivity index (χ2v) is 5.49. The molecule has 0 unspecified atom stereocenters. The smallest absolute Gasteiger partial charge is 0.148 e. The van der Waals surface area contributed by atoms with Crippen LogP contribution in [0, 0.1) is 12.8 Å². The second kappa shape index (κ2) is 6.70. The van der Waals surface area contributed by atoms with Gasteiger partial charge in [-0.3, -0.25) is 0 Å². The van der Waals surface area contributed by atoms with Crippen LogP contribution in [0.5, 0.6) is 0 Å². The summed E-state index contributed by atoms with van der Waals surface area (Å²) < 4.78 is 0. The Morgan fingerprint density at radius 2 is 1.89 bits per heavy atom. The van der Waals surface area contributed by atoms with Gasteiger partial charge in [-0.15, -0.1) is 0 Å². The summed E-state index contributed by atoms with van der Waals surface area (Å²) in [5.74, 6) is 7.96. The molecule has 1 aliphatic rings. The van der Waals surface area contributed by atoms with Crippen LogP contribution in [0.4, 0.5) is 11.6 Å². The molecule has 0 bridgehead atoms. The summed E-state index contributed by atoms with van der Waals surface area (Å²) in [7, 11) is 0. The van der Waals surface area contributed by atoms with Crippen LogP contribution in [0.25, 0.3) is 0 Å². The molecule has 0 amide bonds. The molecule has 0 spiro atoms. The molecule has 4 N–H and O–H groups in total. The average molecular weight is 263 g/mol. The minimum Gasteiger partial charge on any atom is -0.367 e. The predicted octanol–water partition coefficient (Wildman–Crippen LogP) is 2.84. The molecular weight excluding hydrogens is 238 g/mol. The number of rotatable bonds is 5. The minimum atomic E-state index is 0.535. The number of hydrazine groups is 1. The van der Waals surface area contributed by atoms with E-state index in [-0.39, 0.29) is 0 Å². The van der Waals surface area contributed by atoms with E-state index >= 15 is 0 Å². The zero-order valence-corrected chi connectivity index (χ0v) is 11.9. The van der Waals surface area contributed by atoms with Gasteiger partial charge in [-0.2, -0.15) is 0 Å². The fraction of sp³-hybridized carbons (Fsp3) is 0.714. The van der Waals surface area contributed by atoms with Gasteiger partial charge in [-0.1, -0.05) is 19.8 Å². The lowest BCUT2D eigenvalue weighted by molar-refractivity contribution is 0.318. The zero-order chi connectivity index (χ0) is 13.7. The number of hydrogen-bond donors (Lipinski definition) is 3. The Morgan fingerprint density at radius 3 is 2.53 bits per heavy atom. The standard InChI is InChI=1S/C14H25N5/c1-3-4-11-5-7-12(8-6-11)18-13-10(2)14(19-15)17-9-16-13/h9,11-12H,3-8,15H2,1-2H3,(H2,16,17,18,19). The number of aromatic nitrogens is 2. The minimum absolute atomic E-state index is 0.535. The number of hydrogen-bond acceptors (Lipinski definition) is 5. The maximum Gasteiger partial charge on any atom is 0.148 e. The molecule has 0 atom stereocenters. The Labute approximate surface area is 115 Å². The van der Waals surface area contributed by atoms with Crippen LogP contribution in [0.1, 0.15) is 51.0 Å². The van der Waals surface area contributed by atoms with Crippen LogP contribution < -0.4 is 16.6 Å². The van der Waals surface area contributed by atoms with Crippen molar-refractivity contribution in [3.05, 3.63) is 11.9 Å². The van der Waals surface area contributed by atoms with Crippen molar-refractivity contribution in [3.8, 4) is 0 Å². The van der Waals surface area contributed by atoms with Crippen LogP contribution in [0.15, 0.2) is 6.33 Å². The summed E-state index contributed by atoms with van der Waals surface area (Å²) in [6, 6.07) is 0.535. The molecule has 1 heterocycles. The van der Waals surface area contributed by atoms with Crippen molar-refractivity contribution in [3.63, 3.8) is 0 Å². The van der Waals surface area contributed by atoms with Crippen molar-refractivity contribution < 1.29 is 0 Å². The fourth-order valence-corrected chi connectivity index (χ4v) is 2.94. The van der Waals surface area contributed by atoms with Crippen molar-refractivity contribution in [2.45, 2.75) is 58.4 Å². The molecule has 5 heteroatoms. The van der Waals surface area contributed by atoms with Crippen molar-refractivity contribution in [2.75, 3.05) is 10.7 Å². The lowest BCUT2D eigenvalue weighted by Gasteiger charge is -2.29. The van der Waals surface area contributed by atoms with Crippen LogP contribution in [-0.4, -0.2) is 16.0 Å². The Balaban J connectivity index is 1.92. The van der Waals surface area contributed by atoms with Crippen LogP contribution in [-0.2, 0) is 0 Å². The molecule has 1 aromatic rings. The molecule has 0 aliphatic heterocycles. The summed E-state index contributed by atoms with van der Waals surface area (Å²) in [4.78, 5) is 8.42. The molecule has 0 saturated heterocycles. The molecule has 2 rings (SSSR count). The van der Waals surface area contributed by atoms with E-state index in [4.69, 9.17) is 5.84 Å². The summed E-state index contributed by atoms with van der Waals surface area (Å²) in [5.41, 5.74) is 3.59. The van der Waals surface area contributed by atoms with Gasteiger partial charge in [0.2, 0.25) is 0 Å². The van der Waals surface area contributed by atoms with Gasteiger partial charge >= 0.3 is 0 Å². The molecule has 19 heavy (non-hydrogen) atoms. The zero-order valence-electron chi connectivity index (χ0n) is 11.9. The van der Waals surface area contributed by atoms with E-state index in [0.29, 0.717) is 11.9 Å². The molecule has 0 aromatic carbocycles. The van der Waals surface area contributed by atoms with Gasteiger partial charge < -0.3 is 10.7 Å². The summed E-state index contributed by atoms with van der Waals surface area (Å²) in [6.07, 6.45) is 9.36. The van der Waals surface area contributed by atoms with Crippen LogP contribution in [0.3, 0.4) is 0 Å². The third kappa shape index (κ3) is 3.56. The number of nitrogen functional groups attached to an aromatic ring is 1. The van der Waals surface area contributed by atoms with E-state index in [1.807, 2.05) is 6.92 Å². The lowest BCUT2D eigenvalue weighted by atomic mass is 9.83. The molecule has 106 valence electrons. The highest BCUT2D eigenvalue weighted by Crippen LogP contribution is 2.30. The van der Waals surface area contributed by atoms with Crippen molar-refractivity contribution >= 4 is 11.6 Å². The van der Waals surface area contributed by atoms with Gasteiger partial charge in [0.25, 0.3) is 0 Å². The molecule has 5 nitrogen and oxygen atoms in total. The van der Waals surface area contributed by atoms with E-state index < -0.39 is 0 Å². The number of anilines is 2. The van der Waals surface area contributed by atoms with Crippen LogP contribution in [0.2, 0.25) is 0 Å². The van der Waals surface area contributed by atoms with Gasteiger partial charge in [0.15, 0.2) is 0 Å². The third-order valence-corrected chi connectivity index (χ3v) is 4.11. The quantitative estimate of drug-likeness (QED) is 0.562. The SMILES string of the molecule is CCCC1CCC(Nc2ncnc(NN)c2C)CC1. The first-order valence-electron chi connectivity index (χ1n) is 7.29. The third-order valence-electron chi connectivity index (χ3n) is 4.11. The monoisotopic (exact) mass is 263 g/mol. The highest BCUT2D eigenvalue weighted by molar-refractivity contribution is 5.56. The first-order chi connectivity index (χ1) is 9.24. The Bertz CT molecular complexity index is 399. The van der Waals surface area contributed by atoms with Crippen molar-refractivity contribution in [1.82, 2.24) is 9.97 Å². The number of nitrogens with one attached hydrogen (secondary N) is 2. The molecule has 1 aliphatic carbocycles. The van der Waals surface area contributed by atoms with Crippen molar-refractivity contribution in [2.24, 2.45) is 11.8 Å².